The molecule has 2 aromatic carbocycles. The molecule has 4 rings (SSSR count). The summed E-state index contributed by atoms with van der Waals surface area (Å²) in [6, 6.07) is 14.3. The summed E-state index contributed by atoms with van der Waals surface area (Å²) in [5, 5.41) is 5.84. The monoisotopic (exact) mass is 565 g/mol. The average molecular weight is 566 g/mol. The lowest BCUT2D eigenvalue weighted by atomic mass is 10.1. The Kier molecular flexibility index (Phi) is 10.3. The number of benzene rings is 2. The summed E-state index contributed by atoms with van der Waals surface area (Å²) in [6.07, 6.45) is 1.70. The van der Waals surface area contributed by atoms with E-state index in [1.165, 1.54) is 16.7 Å². The number of nitrogens with zero attached hydrogens (tertiary/aromatic N) is 3. The van der Waals surface area contributed by atoms with Crippen molar-refractivity contribution < 1.29 is 23.9 Å². The third-order valence-corrected chi connectivity index (χ3v) is 7.89. The average Bonchev–Trinajstić information content (AvgIpc) is 3.32. The van der Waals surface area contributed by atoms with Crippen molar-refractivity contribution in [2.24, 2.45) is 9.98 Å². The first kappa shape index (κ1) is 29.3. The summed E-state index contributed by atoms with van der Waals surface area (Å²) in [6.45, 7) is 3.39. The minimum absolute atomic E-state index is 0.111. The quantitative estimate of drug-likeness (QED) is 0.359. The maximum Gasteiger partial charge on any atom is 0.259 e. The van der Waals surface area contributed by atoms with E-state index in [2.05, 4.69) is 10.6 Å². The second kappa shape index (κ2) is 14.1. The van der Waals surface area contributed by atoms with E-state index in [9.17, 15) is 14.4 Å². The van der Waals surface area contributed by atoms with Crippen molar-refractivity contribution in [1.29, 1.82) is 0 Å². The van der Waals surface area contributed by atoms with E-state index in [-0.39, 0.29) is 30.6 Å². The number of ether oxygens (including phenoxy) is 2. The summed E-state index contributed by atoms with van der Waals surface area (Å²) < 4.78 is 10.2. The van der Waals surface area contributed by atoms with Gasteiger partial charge in [-0.2, -0.15) is 0 Å². The molecule has 10 nitrogen and oxygen atoms in total. The van der Waals surface area contributed by atoms with Gasteiger partial charge in [0.1, 0.15) is 17.6 Å². The van der Waals surface area contributed by atoms with Crippen molar-refractivity contribution >= 4 is 46.2 Å². The molecule has 11 heteroatoms. The lowest BCUT2D eigenvalue weighted by molar-refractivity contribution is -0.125. The predicted molar refractivity (Wildman–Crippen MR) is 156 cm³/mol. The third-order valence-electron chi connectivity index (χ3n) is 6.58. The first-order valence-corrected chi connectivity index (χ1v) is 14.3. The van der Waals surface area contributed by atoms with Gasteiger partial charge >= 0.3 is 0 Å². The van der Waals surface area contributed by atoms with E-state index in [1.54, 1.807) is 14.2 Å². The number of thioether (sulfide) groups is 1. The Bertz CT molecular complexity index is 1280. The number of hydrogen-bond donors (Lipinski definition) is 2. The number of aliphatic imine (C=N–C) groups is 2. The van der Waals surface area contributed by atoms with Gasteiger partial charge in [-0.3, -0.25) is 19.4 Å². The van der Waals surface area contributed by atoms with Crippen molar-refractivity contribution in [1.82, 2.24) is 15.5 Å². The zero-order valence-corrected chi connectivity index (χ0v) is 23.8. The Morgan fingerprint density at radius 2 is 1.88 bits per heavy atom. The van der Waals surface area contributed by atoms with Gasteiger partial charge in [-0.15, -0.1) is 0 Å². The zero-order valence-electron chi connectivity index (χ0n) is 23.0. The van der Waals surface area contributed by atoms with Gasteiger partial charge in [0.2, 0.25) is 11.8 Å². The fraction of sp³-hybridized carbons (Fsp3) is 0.414. The molecular formula is C29H35N5O5S. The fourth-order valence-corrected chi connectivity index (χ4v) is 5.41. The maximum absolute atomic E-state index is 13.6. The van der Waals surface area contributed by atoms with Crippen LogP contribution in [0.3, 0.4) is 0 Å². The van der Waals surface area contributed by atoms with Crippen LogP contribution in [0.15, 0.2) is 58.5 Å². The number of hydrogen-bond acceptors (Lipinski definition) is 8. The normalized spacial score (nSPS) is 16.4. The number of nitrogens with one attached hydrogen (secondary N) is 2. The molecule has 2 aliphatic rings. The number of carbonyl (C=O) groups is 3. The van der Waals surface area contributed by atoms with Crippen LogP contribution in [-0.2, 0) is 25.7 Å². The molecule has 0 aliphatic carbocycles. The van der Waals surface area contributed by atoms with E-state index >= 15 is 0 Å². The number of amides is 3. The summed E-state index contributed by atoms with van der Waals surface area (Å²) in [5.74, 6) is 0.751. The molecule has 2 heterocycles. The van der Waals surface area contributed by atoms with Crippen LogP contribution in [0.5, 0.6) is 5.75 Å². The van der Waals surface area contributed by atoms with Gasteiger partial charge in [0, 0.05) is 38.8 Å². The van der Waals surface area contributed by atoms with Crippen LogP contribution in [0.1, 0.15) is 43.7 Å². The van der Waals surface area contributed by atoms with Gasteiger partial charge in [0.15, 0.2) is 5.17 Å². The third kappa shape index (κ3) is 7.08. The zero-order chi connectivity index (χ0) is 28.5. The Labute approximate surface area is 238 Å². The maximum atomic E-state index is 13.6. The molecule has 0 radical (unpaired) electrons. The van der Waals surface area contributed by atoms with Crippen LogP contribution < -0.4 is 15.4 Å². The number of carbonyl (C=O) groups excluding carboxylic acids is 3. The van der Waals surface area contributed by atoms with Crippen LogP contribution in [0, 0.1) is 0 Å². The van der Waals surface area contributed by atoms with Crippen LogP contribution >= 0.6 is 11.8 Å². The van der Waals surface area contributed by atoms with Crippen LogP contribution in [0.2, 0.25) is 0 Å². The number of para-hydroxylation sites is 1. The lowest BCUT2D eigenvalue weighted by Crippen LogP contribution is -2.43. The molecule has 0 saturated heterocycles. The molecule has 0 aromatic heterocycles. The number of fused-ring (bicyclic) bond motifs is 3. The van der Waals surface area contributed by atoms with Gasteiger partial charge in [0.25, 0.3) is 5.91 Å². The molecule has 3 amide bonds. The summed E-state index contributed by atoms with van der Waals surface area (Å²) in [4.78, 5) is 50.0. The molecule has 2 N–H and O–H groups in total. The largest absolute Gasteiger partial charge is 0.497 e. The van der Waals surface area contributed by atoms with E-state index in [4.69, 9.17) is 19.5 Å². The van der Waals surface area contributed by atoms with Crippen LogP contribution in [-0.4, -0.2) is 72.3 Å². The van der Waals surface area contributed by atoms with Crippen LogP contribution in [0.4, 0.5) is 5.69 Å². The van der Waals surface area contributed by atoms with Crippen molar-refractivity contribution in [3.8, 4) is 5.75 Å². The number of amidine groups is 2. The molecule has 212 valence electrons. The first-order chi connectivity index (χ1) is 19.4. The van der Waals surface area contributed by atoms with Gasteiger partial charge in [-0.1, -0.05) is 43.0 Å². The van der Waals surface area contributed by atoms with Gasteiger partial charge in [-0.05, 0) is 49.1 Å². The summed E-state index contributed by atoms with van der Waals surface area (Å²) in [7, 11) is 3.23. The van der Waals surface area contributed by atoms with Crippen molar-refractivity contribution in [2.75, 3.05) is 27.4 Å². The van der Waals surface area contributed by atoms with Crippen LogP contribution in [0.25, 0.3) is 0 Å². The number of rotatable bonds is 13. The summed E-state index contributed by atoms with van der Waals surface area (Å²) in [5.41, 5.74) is 2.40. The highest BCUT2D eigenvalue weighted by molar-refractivity contribution is 8.15. The van der Waals surface area contributed by atoms with Crippen molar-refractivity contribution in [2.45, 2.75) is 50.4 Å². The summed E-state index contributed by atoms with van der Waals surface area (Å²) >= 11 is 1.26. The predicted octanol–water partition coefficient (Wildman–Crippen LogP) is 3.41. The number of methoxy groups -OCH3 is 2. The van der Waals surface area contributed by atoms with E-state index in [0.29, 0.717) is 49.2 Å². The molecule has 2 aromatic rings. The molecule has 2 aliphatic heterocycles. The highest BCUT2D eigenvalue weighted by atomic mass is 32.2. The van der Waals surface area contributed by atoms with E-state index < -0.39 is 11.3 Å². The fourth-order valence-electron chi connectivity index (χ4n) is 4.36. The molecule has 0 saturated carbocycles. The molecule has 40 heavy (non-hydrogen) atoms. The molecule has 2 unspecified atom stereocenters. The Balaban J connectivity index is 1.41. The topological polar surface area (TPSA) is 122 Å². The first-order valence-electron chi connectivity index (χ1n) is 13.4. The molecule has 0 bridgehead atoms. The second-order valence-electron chi connectivity index (χ2n) is 9.37. The lowest BCUT2D eigenvalue weighted by Gasteiger charge is -2.27. The second-order valence-corrected chi connectivity index (χ2v) is 10.5. The minimum atomic E-state index is -0.707. The molecule has 2 atom stereocenters. The SMILES string of the molecule is CCC(SC1=Nc2ccccc2C2=NC(CCC(=O)NCc3ccc(OC)cc3)C(=O)N12)C(=O)NCCCOC. The van der Waals surface area contributed by atoms with Gasteiger partial charge in [0.05, 0.1) is 18.0 Å². The van der Waals surface area contributed by atoms with E-state index in [0.717, 1.165) is 16.9 Å². The van der Waals surface area contributed by atoms with Gasteiger partial charge in [-0.25, -0.2) is 9.89 Å². The van der Waals surface area contributed by atoms with E-state index in [1.807, 2.05) is 55.5 Å². The standard InChI is InChI=1S/C29H35N5O5S/c1-4-24(27(36)30-16-7-17-38-2)40-29-33-22-9-6-5-8-21(22)26-32-23(28(37)34(26)29)14-15-25(35)31-18-19-10-12-20(39-3)13-11-19/h5-6,8-13,23-24H,4,7,14-18H2,1-3H3,(H,30,36)(H,31,35). The molecule has 0 spiro atoms. The van der Waals surface area contributed by atoms with Crippen molar-refractivity contribution in [3.63, 3.8) is 0 Å². The molecule has 0 fully saturated rings. The Morgan fingerprint density at radius 1 is 1.10 bits per heavy atom. The Hall–Kier alpha value is -3.70. The smallest absolute Gasteiger partial charge is 0.259 e. The minimum Gasteiger partial charge on any atom is -0.497 e. The van der Waals surface area contributed by atoms with Crippen molar-refractivity contribution in [3.05, 3.63) is 59.7 Å². The molecular weight excluding hydrogens is 530 g/mol. The van der Waals surface area contributed by atoms with Gasteiger partial charge < -0.3 is 20.1 Å². The highest BCUT2D eigenvalue weighted by Crippen LogP contribution is 2.35. The Morgan fingerprint density at radius 3 is 2.60 bits per heavy atom. The highest BCUT2D eigenvalue weighted by Gasteiger charge is 2.42.